The van der Waals surface area contributed by atoms with Gasteiger partial charge in [0.1, 0.15) is 6.61 Å². The first-order valence-corrected chi connectivity index (χ1v) is 4.57. The maximum Gasteiger partial charge on any atom is 0.213 e. The number of pyridine rings is 1. The largest absolute Gasteiger partial charge is 0.475 e. The average molecular weight is 197 g/mol. The molecule has 1 aromatic heterocycles. The Morgan fingerprint density at radius 3 is 2.93 bits per heavy atom. The van der Waals surface area contributed by atoms with Gasteiger partial charge in [0.05, 0.1) is 19.8 Å². The Morgan fingerprint density at radius 1 is 1.36 bits per heavy atom. The van der Waals surface area contributed by atoms with Crippen molar-refractivity contribution in [2.45, 2.75) is 6.92 Å². The van der Waals surface area contributed by atoms with E-state index >= 15 is 0 Å². The van der Waals surface area contributed by atoms with E-state index in [-0.39, 0.29) is 6.61 Å². The van der Waals surface area contributed by atoms with Crippen LogP contribution in [-0.2, 0) is 4.74 Å². The average Bonchev–Trinajstić information content (AvgIpc) is 2.18. The molecular weight excluding hydrogens is 182 g/mol. The lowest BCUT2D eigenvalue weighted by atomic mass is 10.3. The molecule has 0 aliphatic rings. The SMILES string of the molecule is Cc1ccnc(OCCOCCO)c1. The molecule has 0 spiro atoms. The molecule has 0 aromatic carbocycles. The molecule has 0 aliphatic carbocycles. The minimum atomic E-state index is 0.0443. The van der Waals surface area contributed by atoms with Crippen molar-refractivity contribution in [1.29, 1.82) is 0 Å². The molecule has 4 heteroatoms. The summed E-state index contributed by atoms with van der Waals surface area (Å²) in [5.41, 5.74) is 1.12. The van der Waals surface area contributed by atoms with Crippen LogP contribution in [0.5, 0.6) is 5.88 Å². The Kier molecular flexibility index (Phi) is 4.96. The Morgan fingerprint density at radius 2 is 2.21 bits per heavy atom. The molecule has 0 atom stereocenters. The van der Waals surface area contributed by atoms with E-state index in [2.05, 4.69) is 4.98 Å². The van der Waals surface area contributed by atoms with Crippen LogP contribution in [0.1, 0.15) is 5.56 Å². The molecular formula is C10H15NO3. The van der Waals surface area contributed by atoms with Crippen molar-refractivity contribution >= 4 is 0 Å². The van der Waals surface area contributed by atoms with Crippen LogP contribution in [0, 0.1) is 6.92 Å². The van der Waals surface area contributed by atoms with Gasteiger partial charge in [0, 0.05) is 12.3 Å². The van der Waals surface area contributed by atoms with Gasteiger partial charge < -0.3 is 14.6 Å². The van der Waals surface area contributed by atoms with Crippen molar-refractivity contribution in [2.24, 2.45) is 0 Å². The fourth-order valence-electron chi connectivity index (χ4n) is 0.959. The van der Waals surface area contributed by atoms with E-state index in [0.717, 1.165) is 5.56 Å². The standard InChI is InChI=1S/C10H15NO3/c1-9-2-3-11-10(8-9)14-7-6-13-5-4-12/h2-3,8,12H,4-7H2,1H3. The number of aliphatic hydroxyl groups is 1. The molecule has 78 valence electrons. The minimum Gasteiger partial charge on any atom is -0.475 e. The predicted octanol–water partition coefficient (Wildman–Crippen LogP) is 0.778. The van der Waals surface area contributed by atoms with E-state index in [1.807, 2.05) is 19.1 Å². The van der Waals surface area contributed by atoms with Crippen LogP contribution in [0.3, 0.4) is 0 Å². The van der Waals surface area contributed by atoms with Crippen LogP contribution >= 0.6 is 0 Å². The quantitative estimate of drug-likeness (QED) is 0.685. The van der Waals surface area contributed by atoms with Gasteiger partial charge in [-0.2, -0.15) is 0 Å². The molecule has 0 bridgehead atoms. The Bertz CT molecular complexity index is 265. The summed E-state index contributed by atoms with van der Waals surface area (Å²) in [6, 6.07) is 3.78. The van der Waals surface area contributed by atoms with Crippen LogP contribution in [0.15, 0.2) is 18.3 Å². The molecule has 0 amide bonds. The first kappa shape index (κ1) is 10.9. The summed E-state index contributed by atoms with van der Waals surface area (Å²) in [5.74, 6) is 0.609. The normalized spacial score (nSPS) is 10.1. The second kappa shape index (κ2) is 6.34. The second-order valence-corrected chi connectivity index (χ2v) is 2.86. The van der Waals surface area contributed by atoms with Gasteiger partial charge >= 0.3 is 0 Å². The molecule has 1 aromatic rings. The molecule has 4 nitrogen and oxygen atoms in total. The number of ether oxygens (including phenoxy) is 2. The van der Waals surface area contributed by atoms with E-state index in [1.165, 1.54) is 0 Å². The molecule has 0 saturated carbocycles. The van der Waals surface area contributed by atoms with E-state index in [9.17, 15) is 0 Å². The van der Waals surface area contributed by atoms with E-state index in [4.69, 9.17) is 14.6 Å². The summed E-state index contributed by atoms with van der Waals surface area (Å²) in [4.78, 5) is 4.03. The second-order valence-electron chi connectivity index (χ2n) is 2.86. The van der Waals surface area contributed by atoms with E-state index < -0.39 is 0 Å². The van der Waals surface area contributed by atoms with Gasteiger partial charge in [0.2, 0.25) is 5.88 Å². The van der Waals surface area contributed by atoms with Gasteiger partial charge in [-0.05, 0) is 18.6 Å². The van der Waals surface area contributed by atoms with Crippen LogP contribution in [-0.4, -0.2) is 36.5 Å². The lowest BCUT2D eigenvalue weighted by Crippen LogP contribution is -2.09. The molecule has 14 heavy (non-hydrogen) atoms. The van der Waals surface area contributed by atoms with Gasteiger partial charge in [-0.15, -0.1) is 0 Å². The first-order valence-electron chi connectivity index (χ1n) is 4.57. The third-order valence-corrected chi connectivity index (χ3v) is 1.60. The van der Waals surface area contributed by atoms with Gasteiger partial charge in [-0.3, -0.25) is 0 Å². The highest BCUT2D eigenvalue weighted by atomic mass is 16.5. The van der Waals surface area contributed by atoms with E-state index in [0.29, 0.717) is 25.7 Å². The zero-order valence-corrected chi connectivity index (χ0v) is 8.27. The maximum absolute atomic E-state index is 8.44. The van der Waals surface area contributed by atoms with Crippen molar-refractivity contribution in [3.8, 4) is 5.88 Å². The number of hydrogen-bond acceptors (Lipinski definition) is 4. The molecule has 0 aliphatic heterocycles. The monoisotopic (exact) mass is 197 g/mol. The Balaban J connectivity index is 2.18. The number of aliphatic hydroxyl groups excluding tert-OH is 1. The fraction of sp³-hybridized carbons (Fsp3) is 0.500. The van der Waals surface area contributed by atoms with Crippen LogP contribution < -0.4 is 4.74 Å². The molecule has 1 rings (SSSR count). The van der Waals surface area contributed by atoms with Gasteiger partial charge in [-0.25, -0.2) is 4.98 Å². The van der Waals surface area contributed by atoms with Crippen molar-refractivity contribution < 1.29 is 14.6 Å². The van der Waals surface area contributed by atoms with Crippen molar-refractivity contribution in [3.05, 3.63) is 23.9 Å². The fourth-order valence-corrected chi connectivity index (χ4v) is 0.959. The van der Waals surface area contributed by atoms with Crippen LogP contribution in [0.25, 0.3) is 0 Å². The van der Waals surface area contributed by atoms with Crippen LogP contribution in [0.2, 0.25) is 0 Å². The van der Waals surface area contributed by atoms with Gasteiger partial charge in [0.15, 0.2) is 0 Å². The summed E-state index contributed by atoms with van der Waals surface area (Å²) < 4.78 is 10.3. The summed E-state index contributed by atoms with van der Waals surface area (Å²) >= 11 is 0. The van der Waals surface area contributed by atoms with Crippen molar-refractivity contribution in [3.63, 3.8) is 0 Å². The third kappa shape index (κ3) is 4.20. The highest BCUT2D eigenvalue weighted by molar-refractivity contribution is 5.18. The van der Waals surface area contributed by atoms with Gasteiger partial charge in [-0.1, -0.05) is 0 Å². The van der Waals surface area contributed by atoms with Crippen LogP contribution in [0.4, 0.5) is 0 Å². The first-order chi connectivity index (χ1) is 6.83. The number of hydrogen-bond donors (Lipinski definition) is 1. The zero-order valence-electron chi connectivity index (χ0n) is 8.27. The number of nitrogens with zero attached hydrogens (tertiary/aromatic N) is 1. The zero-order chi connectivity index (χ0) is 10.2. The molecule has 1 heterocycles. The smallest absolute Gasteiger partial charge is 0.213 e. The maximum atomic E-state index is 8.44. The summed E-state index contributed by atoms with van der Waals surface area (Å²) in [6.07, 6.45) is 1.71. The topological polar surface area (TPSA) is 51.6 Å². The van der Waals surface area contributed by atoms with Crippen molar-refractivity contribution in [1.82, 2.24) is 4.98 Å². The third-order valence-electron chi connectivity index (χ3n) is 1.60. The molecule has 0 unspecified atom stereocenters. The molecule has 0 radical (unpaired) electrons. The molecule has 1 N–H and O–H groups in total. The highest BCUT2D eigenvalue weighted by Gasteiger charge is 1.94. The Hall–Kier alpha value is -1.13. The van der Waals surface area contributed by atoms with E-state index in [1.54, 1.807) is 6.20 Å². The number of aryl methyl sites for hydroxylation is 1. The summed E-state index contributed by atoms with van der Waals surface area (Å²) in [5, 5.41) is 8.44. The number of aromatic nitrogens is 1. The minimum absolute atomic E-state index is 0.0443. The Labute approximate surface area is 83.5 Å². The lowest BCUT2D eigenvalue weighted by Gasteiger charge is -2.05. The summed E-state index contributed by atoms with van der Waals surface area (Å²) in [7, 11) is 0. The number of rotatable bonds is 6. The summed E-state index contributed by atoms with van der Waals surface area (Å²) in [6.45, 7) is 3.30. The van der Waals surface area contributed by atoms with Crippen molar-refractivity contribution in [2.75, 3.05) is 26.4 Å². The highest BCUT2D eigenvalue weighted by Crippen LogP contribution is 2.07. The molecule has 0 fully saturated rings. The lowest BCUT2D eigenvalue weighted by molar-refractivity contribution is 0.0695. The van der Waals surface area contributed by atoms with Gasteiger partial charge in [0.25, 0.3) is 0 Å². The molecule has 0 saturated heterocycles. The predicted molar refractivity (Wildman–Crippen MR) is 52.4 cm³/mol.